The molecule has 3 fully saturated rings. The maximum atomic E-state index is 13.2. The summed E-state index contributed by atoms with van der Waals surface area (Å²) < 4.78 is 5.50. The molecule has 1 saturated carbocycles. The maximum Gasteiger partial charge on any atom is 0.227 e. The summed E-state index contributed by atoms with van der Waals surface area (Å²) >= 11 is 0. The highest BCUT2D eigenvalue weighted by molar-refractivity contribution is 5.82. The van der Waals surface area contributed by atoms with Crippen molar-refractivity contribution in [3.63, 3.8) is 0 Å². The summed E-state index contributed by atoms with van der Waals surface area (Å²) in [5.41, 5.74) is 1.04. The zero-order chi connectivity index (χ0) is 18.6. The normalized spacial score (nSPS) is 25.4. The first-order valence-electron chi connectivity index (χ1n) is 10.4. The topological polar surface area (TPSA) is 49.9 Å². The van der Waals surface area contributed by atoms with E-state index in [0.29, 0.717) is 24.9 Å². The second-order valence-electron chi connectivity index (χ2n) is 8.29. The third kappa shape index (κ3) is 4.70. The number of carbonyl (C=O) groups excluding carboxylic acids is 2. The SMILES string of the molecule is O=C(Cc1ccccc1)N1CCC[C@@H](C(=O)N(C[C@@H]2CCOC2)C2CC2)C1. The van der Waals surface area contributed by atoms with Crippen LogP contribution in [0.4, 0.5) is 0 Å². The van der Waals surface area contributed by atoms with Crippen LogP contribution in [0.2, 0.25) is 0 Å². The van der Waals surface area contributed by atoms with Gasteiger partial charge in [0.2, 0.25) is 11.8 Å². The van der Waals surface area contributed by atoms with Gasteiger partial charge in [-0.2, -0.15) is 0 Å². The number of amides is 2. The van der Waals surface area contributed by atoms with Gasteiger partial charge in [-0.15, -0.1) is 0 Å². The molecule has 1 aliphatic carbocycles. The highest BCUT2D eigenvalue weighted by Gasteiger charge is 2.39. The minimum Gasteiger partial charge on any atom is -0.381 e. The average Bonchev–Trinajstić information content (AvgIpc) is 3.42. The molecule has 0 unspecified atom stereocenters. The Morgan fingerprint density at radius 2 is 1.93 bits per heavy atom. The molecule has 2 aliphatic heterocycles. The van der Waals surface area contributed by atoms with Crippen molar-refractivity contribution < 1.29 is 14.3 Å². The van der Waals surface area contributed by atoms with Crippen LogP contribution >= 0.6 is 0 Å². The van der Waals surface area contributed by atoms with Gasteiger partial charge in [0.15, 0.2) is 0 Å². The summed E-state index contributed by atoms with van der Waals surface area (Å²) in [6.07, 6.45) is 5.56. The van der Waals surface area contributed by atoms with E-state index in [4.69, 9.17) is 4.74 Å². The number of rotatable bonds is 6. The van der Waals surface area contributed by atoms with Crippen molar-refractivity contribution in [1.82, 2.24) is 9.80 Å². The Balaban J connectivity index is 1.36. The number of hydrogen-bond acceptors (Lipinski definition) is 3. The van der Waals surface area contributed by atoms with Gasteiger partial charge in [0.25, 0.3) is 0 Å². The molecule has 0 N–H and O–H groups in total. The van der Waals surface area contributed by atoms with Gasteiger partial charge in [-0.25, -0.2) is 0 Å². The Hall–Kier alpha value is -1.88. The van der Waals surface area contributed by atoms with Crippen molar-refractivity contribution in [2.45, 2.75) is 44.6 Å². The lowest BCUT2D eigenvalue weighted by atomic mass is 9.95. The average molecular weight is 370 g/mol. The summed E-state index contributed by atoms with van der Waals surface area (Å²) in [4.78, 5) is 30.0. The molecule has 2 atom stereocenters. The van der Waals surface area contributed by atoms with Crippen molar-refractivity contribution >= 4 is 11.8 Å². The Bertz CT molecular complexity index is 653. The van der Waals surface area contributed by atoms with Crippen molar-refractivity contribution in [3.8, 4) is 0 Å². The van der Waals surface area contributed by atoms with Crippen LogP contribution in [0, 0.1) is 11.8 Å². The van der Waals surface area contributed by atoms with E-state index in [9.17, 15) is 9.59 Å². The highest BCUT2D eigenvalue weighted by atomic mass is 16.5. The fourth-order valence-electron chi connectivity index (χ4n) is 4.33. The van der Waals surface area contributed by atoms with E-state index < -0.39 is 0 Å². The quantitative estimate of drug-likeness (QED) is 0.773. The Labute approximate surface area is 161 Å². The van der Waals surface area contributed by atoms with Gasteiger partial charge < -0.3 is 14.5 Å². The molecule has 5 heteroatoms. The molecule has 4 rings (SSSR count). The van der Waals surface area contributed by atoms with E-state index in [0.717, 1.165) is 64.0 Å². The summed E-state index contributed by atoms with van der Waals surface area (Å²) in [5.74, 6) is 0.845. The molecule has 27 heavy (non-hydrogen) atoms. The monoisotopic (exact) mass is 370 g/mol. The molecule has 5 nitrogen and oxygen atoms in total. The van der Waals surface area contributed by atoms with Crippen LogP contribution in [0.25, 0.3) is 0 Å². The minimum absolute atomic E-state index is 0.0404. The molecule has 1 aromatic rings. The molecule has 1 aromatic carbocycles. The van der Waals surface area contributed by atoms with E-state index in [1.54, 1.807) is 0 Å². The summed E-state index contributed by atoms with van der Waals surface area (Å²) in [7, 11) is 0. The van der Waals surface area contributed by atoms with Gasteiger partial charge in [0.1, 0.15) is 0 Å². The maximum absolute atomic E-state index is 13.2. The Morgan fingerprint density at radius 1 is 1.11 bits per heavy atom. The van der Waals surface area contributed by atoms with Crippen molar-refractivity contribution in [2.75, 3.05) is 32.8 Å². The van der Waals surface area contributed by atoms with E-state index in [-0.39, 0.29) is 17.7 Å². The first-order valence-corrected chi connectivity index (χ1v) is 10.4. The van der Waals surface area contributed by atoms with E-state index in [1.165, 1.54) is 0 Å². The van der Waals surface area contributed by atoms with Crippen molar-refractivity contribution in [1.29, 1.82) is 0 Å². The molecule has 0 radical (unpaired) electrons. The molecule has 0 spiro atoms. The standard InChI is InChI=1S/C22H30N2O3/c25-21(13-17-5-2-1-3-6-17)23-11-4-7-19(15-23)22(26)24(20-8-9-20)14-18-10-12-27-16-18/h1-3,5-6,18-20H,4,7-16H2/t18-,19+/m0/s1. The number of benzene rings is 1. The second-order valence-corrected chi connectivity index (χ2v) is 8.29. The predicted molar refractivity (Wildman–Crippen MR) is 103 cm³/mol. The smallest absolute Gasteiger partial charge is 0.227 e. The van der Waals surface area contributed by atoms with Gasteiger partial charge in [0, 0.05) is 38.2 Å². The van der Waals surface area contributed by atoms with Crippen LogP contribution in [-0.4, -0.2) is 60.5 Å². The fraction of sp³-hybridized carbons (Fsp3) is 0.636. The molecule has 2 heterocycles. The molecule has 2 amide bonds. The van der Waals surface area contributed by atoms with Gasteiger partial charge in [-0.3, -0.25) is 9.59 Å². The lowest BCUT2D eigenvalue weighted by Gasteiger charge is -2.36. The largest absolute Gasteiger partial charge is 0.381 e. The number of piperidine rings is 1. The molecule has 2 saturated heterocycles. The lowest BCUT2D eigenvalue weighted by molar-refractivity contribution is -0.141. The summed E-state index contributed by atoms with van der Waals surface area (Å²) in [5, 5.41) is 0. The van der Waals surface area contributed by atoms with Gasteiger partial charge >= 0.3 is 0 Å². The van der Waals surface area contributed by atoms with Gasteiger partial charge in [0.05, 0.1) is 18.9 Å². The van der Waals surface area contributed by atoms with Gasteiger partial charge in [-0.1, -0.05) is 30.3 Å². The first kappa shape index (κ1) is 18.5. The molecule has 3 aliphatic rings. The highest BCUT2D eigenvalue weighted by Crippen LogP contribution is 2.32. The van der Waals surface area contributed by atoms with Crippen LogP contribution < -0.4 is 0 Å². The van der Waals surface area contributed by atoms with Crippen LogP contribution in [-0.2, 0) is 20.7 Å². The van der Waals surface area contributed by atoms with E-state index in [1.807, 2.05) is 35.2 Å². The van der Waals surface area contributed by atoms with Crippen LogP contribution in [0.15, 0.2) is 30.3 Å². The molecule has 146 valence electrons. The van der Waals surface area contributed by atoms with Crippen LogP contribution in [0.5, 0.6) is 0 Å². The first-order chi connectivity index (χ1) is 13.2. The van der Waals surface area contributed by atoms with E-state index in [2.05, 4.69) is 4.90 Å². The number of likely N-dealkylation sites (tertiary alicyclic amines) is 1. The fourth-order valence-corrected chi connectivity index (χ4v) is 4.33. The van der Waals surface area contributed by atoms with E-state index >= 15 is 0 Å². The predicted octanol–water partition coefficient (Wildman–Crippen LogP) is 2.50. The van der Waals surface area contributed by atoms with Crippen LogP contribution in [0.3, 0.4) is 0 Å². The summed E-state index contributed by atoms with van der Waals surface area (Å²) in [6.45, 7) is 3.79. The van der Waals surface area contributed by atoms with Gasteiger partial charge in [-0.05, 0) is 37.7 Å². The molecular weight excluding hydrogens is 340 g/mol. The number of hydrogen-bond donors (Lipinski definition) is 0. The summed E-state index contributed by atoms with van der Waals surface area (Å²) in [6, 6.07) is 10.3. The number of nitrogens with zero attached hydrogens (tertiary/aromatic N) is 2. The molecule has 0 aromatic heterocycles. The number of carbonyl (C=O) groups is 2. The minimum atomic E-state index is -0.0404. The lowest BCUT2D eigenvalue weighted by Crippen LogP contribution is -2.48. The van der Waals surface area contributed by atoms with Crippen LogP contribution in [0.1, 0.15) is 37.7 Å². The molecular formula is C22H30N2O3. The third-order valence-electron chi connectivity index (χ3n) is 6.07. The third-order valence-corrected chi connectivity index (χ3v) is 6.07. The van der Waals surface area contributed by atoms with Crippen molar-refractivity contribution in [3.05, 3.63) is 35.9 Å². The Morgan fingerprint density at radius 3 is 2.63 bits per heavy atom. The molecule has 0 bridgehead atoms. The zero-order valence-corrected chi connectivity index (χ0v) is 16.0. The zero-order valence-electron chi connectivity index (χ0n) is 16.0. The Kier molecular flexibility index (Phi) is 5.77. The number of ether oxygens (including phenoxy) is 1. The van der Waals surface area contributed by atoms with Crippen molar-refractivity contribution in [2.24, 2.45) is 11.8 Å². The second kappa shape index (κ2) is 8.42.